The van der Waals surface area contributed by atoms with Crippen molar-refractivity contribution < 1.29 is 27.1 Å². The number of rotatable bonds is 8. The Morgan fingerprint density at radius 1 is 0.935 bits per heavy atom. The Kier molecular flexibility index (Phi) is 7.12. The van der Waals surface area contributed by atoms with Crippen molar-refractivity contribution in [2.75, 3.05) is 18.5 Å². The van der Waals surface area contributed by atoms with E-state index >= 15 is 0 Å². The van der Waals surface area contributed by atoms with Gasteiger partial charge in [0.2, 0.25) is 0 Å². The molecule has 8 heteroatoms. The number of hydrogen-bond acceptors (Lipinski definition) is 3. The van der Waals surface area contributed by atoms with Crippen molar-refractivity contribution in [3.05, 3.63) is 83.4 Å². The average Bonchev–Trinajstić information content (AvgIpc) is 2.74. The molecule has 0 saturated carbocycles. The molecule has 0 atom stereocenters. The molecule has 0 aromatic heterocycles. The summed E-state index contributed by atoms with van der Waals surface area (Å²) in [6.07, 6.45) is 0. The molecule has 162 valence electrons. The smallest absolute Gasteiger partial charge is 0.257 e. The third kappa shape index (κ3) is 5.53. The summed E-state index contributed by atoms with van der Waals surface area (Å²) in [7, 11) is 0. The largest absolute Gasteiger partial charge is 0.481 e. The highest BCUT2D eigenvalue weighted by atomic mass is 19.1. The highest BCUT2D eigenvalue weighted by Gasteiger charge is 2.16. The van der Waals surface area contributed by atoms with Crippen LogP contribution in [0.15, 0.2) is 54.6 Å². The molecule has 3 rings (SSSR count). The van der Waals surface area contributed by atoms with Crippen LogP contribution in [0.4, 0.5) is 23.2 Å². The van der Waals surface area contributed by atoms with Crippen LogP contribution >= 0.6 is 0 Å². The highest BCUT2D eigenvalue weighted by molar-refractivity contribution is 5.77. The van der Waals surface area contributed by atoms with E-state index in [0.29, 0.717) is 17.7 Å². The Labute approximate surface area is 176 Å². The van der Waals surface area contributed by atoms with Gasteiger partial charge in [-0.2, -0.15) is 0 Å². The summed E-state index contributed by atoms with van der Waals surface area (Å²) in [5.74, 6) is -3.72. The Morgan fingerprint density at radius 2 is 1.68 bits per heavy atom. The van der Waals surface area contributed by atoms with Crippen LogP contribution < -0.4 is 15.4 Å². The fraction of sp³-hybridized carbons (Fsp3) is 0.174. The third-order valence-corrected chi connectivity index (χ3v) is 4.45. The lowest BCUT2D eigenvalue weighted by atomic mass is 10.0. The predicted octanol–water partition coefficient (Wildman–Crippen LogP) is 5.04. The maximum atomic E-state index is 14.7. The number of benzene rings is 3. The molecule has 4 nitrogen and oxygen atoms in total. The van der Waals surface area contributed by atoms with Gasteiger partial charge in [0.15, 0.2) is 18.2 Å². The molecule has 3 aromatic rings. The van der Waals surface area contributed by atoms with Crippen molar-refractivity contribution in [1.29, 1.82) is 0 Å². The zero-order chi connectivity index (χ0) is 22.4. The minimum absolute atomic E-state index is 0.134. The van der Waals surface area contributed by atoms with E-state index < -0.39 is 41.5 Å². The van der Waals surface area contributed by atoms with Crippen LogP contribution in [-0.2, 0) is 11.3 Å². The van der Waals surface area contributed by atoms with E-state index in [-0.39, 0.29) is 17.9 Å². The minimum Gasteiger partial charge on any atom is -0.481 e. The SMILES string of the molecule is CCNC(=O)COc1ccc(F)c(NCc2cc(-c3cccc(F)c3)ccc2F)c1F. The Morgan fingerprint density at radius 3 is 2.42 bits per heavy atom. The van der Waals surface area contributed by atoms with Gasteiger partial charge in [-0.3, -0.25) is 4.79 Å². The molecule has 0 saturated heterocycles. The summed E-state index contributed by atoms with van der Waals surface area (Å²) < 4.78 is 61.7. The molecule has 0 bridgehead atoms. The van der Waals surface area contributed by atoms with Crippen LogP contribution in [0.2, 0.25) is 0 Å². The Balaban J connectivity index is 1.78. The summed E-state index contributed by atoms with van der Waals surface area (Å²) in [4.78, 5) is 11.5. The maximum absolute atomic E-state index is 14.7. The monoisotopic (exact) mass is 432 g/mol. The number of nitrogens with one attached hydrogen (secondary N) is 2. The molecule has 0 fully saturated rings. The second kappa shape index (κ2) is 9.97. The summed E-state index contributed by atoms with van der Waals surface area (Å²) in [5.41, 5.74) is 0.718. The second-order valence-corrected chi connectivity index (χ2v) is 6.65. The lowest BCUT2D eigenvalue weighted by Gasteiger charge is -2.14. The molecule has 31 heavy (non-hydrogen) atoms. The number of carbonyl (C=O) groups is 1. The van der Waals surface area contributed by atoms with Crippen LogP contribution in [0.1, 0.15) is 12.5 Å². The fourth-order valence-corrected chi connectivity index (χ4v) is 2.94. The third-order valence-electron chi connectivity index (χ3n) is 4.45. The van der Waals surface area contributed by atoms with Crippen LogP contribution in [0, 0.1) is 23.3 Å². The van der Waals surface area contributed by atoms with Gasteiger partial charge in [0.1, 0.15) is 23.1 Å². The molecular weight excluding hydrogens is 412 g/mol. The van der Waals surface area contributed by atoms with Gasteiger partial charge in [0.05, 0.1) is 0 Å². The molecule has 0 aliphatic heterocycles. The van der Waals surface area contributed by atoms with Crippen molar-refractivity contribution in [3.8, 4) is 16.9 Å². The number of likely N-dealkylation sites (N-methyl/N-ethyl adjacent to an activating group) is 1. The first kappa shape index (κ1) is 22.1. The number of carbonyl (C=O) groups excluding carboxylic acids is 1. The van der Waals surface area contributed by atoms with Gasteiger partial charge >= 0.3 is 0 Å². The molecule has 0 radical (unpaired) electrons. The standard InChI is InChI=1S/C23H20F4N2O2/c1-2-28-21(30)13-31-20-9-8-19(26)23(22(20)27)29-12-16-10-15(6-7-18(16)25)14-4-3-5-17(24)11-14/h3-11,29H,2,12-13H2,1H3,(H,28,30). The zero-order valence-corrected chi connectivity index (χ0v) is 16.6. The Bertz CT molecular complexity index is 1090. The summed E-state index contributed by atoms with van der Waals surface area (Å²) in [5, 5.41) is 5.03. The van der Waals surface area contributed by atoms with Crippen LogP contribution in [0.25, 0.3) is 11.1 Å². The van der Waals surface area contributed by atoms with Crippen molar-refractivity contribution in [2.45, 2.75) is 13.5 Å². The quantitative estimate of drug-likeness (QED) is 0.491. The van der Waals surface area contributed by atoms with Gasteiger partial charge in [0, 0.05) is 18.7 Å². The Hall–Kier alpha value is -3.55. The minimum atomic E-state index is -1.04. The summed E-state index contributed by atoms with van der Waals surface area (Å²) in [6, 6.07) is 12.0. The van der Waals surface area contributed by atoms with E-state index in [2.05, 4.69) is 10.6 Å². The van der Waals surface area contributed by atoms with E-state index in [4.69, 9.17) is 4.74 Å². The molecular formula is C23H20F4N2O2. The van der Waals surface area contributed by atoms with Gasteiger partial charge in [0.25, 0.3) is 5.91 Å². The van der Waals surface area contributed by atoms with E-state index in [9.17, 15) is 22.4 Å². The van der Waals surface area contributed by atoms with E-state index in [1.807, 2.05) is 0 Å². The van der Waals surface area contributed by atoms with Gasteiger partial charge in [-0.1, -0.05) is 18.2 Å². The van der Waals surface area contributed by atoms with E-state index in [1.54, 1.807) is 13.0 Å². The van der Waals surface area contributed by atoms with Crippen molar-refractivity contribution in [2.24, 2.45) is 0 Å². The second-order valence-electron chi connectivity index (χ2n) is 6.65. The van der Waals surface area contributed by atoms with Gasteiger partial charge in [-0.15, -0.1) is 0 Å². The molecule has 0 aliphatic carbocycles. The first-order valence-corrected chi connectivity index (χ1v) is 9.54. The molecule has 0 heterocycles. The fourth-order valence-electron chi connectivity index (χ4n) is 2.94. The topological polar surface area (TPSA) is 50.4 Å². The number of anilines is 1. The van der Waals surface area contributed by atoms with Gasteiger partial charge in [-0.05, 0) is 54.4 Å². The van der Waals surface area contributed by atoms with Crippen molar-refractivity contribution >= 4 is 11.6 Å². The number of halogens is 4. The molecule has 0 unspecified atom stereocenters. The van der Waals surface area contributed by atoms with Gasteiger partial charge in [-0.25, -0.2) is 17.6 Å². The molecule has 3 aromatic carbocycles. The zero-order valence-electron chi connectivity index (χ0n) is 16.6. The first-order chi connectivity index (χ1) is 14.9. The lowest BCUT2D eigenvalue weighted by molar-refractivity contribution is -0.123. The normalized spacial score (nSPS) is 10.6. The van der Waals surface area contributed by atoms with Crippen LogP contribution in [0.5, 0.6) is 5.75 Å². The van der Waals surface area contributed by atoms with Gasteiger partial charge < -0.3 is 15.4 Å². The van der Waals surface area contributed by atoms with Crippen molar-refractivity contribution in [3.63, 3.8) is 0 Å². The van der Waals surface area contributed by atoms with E-state index in [1.165, 1.54) is 36.4 Å². The molecule has 2 N–H and O–H groups in total. The highest BCUT2D eigenvalue weighted by Crippen LogP contribution is 2.29. The number of hydrogen-bond donors (Lipinski definition) is 2. The molecule has 0 aliphatic rings. The van der Waals surface area contributed by atoms with Crippen LogP contribution in [0.3, 0.4) is 0 Å². The van der Waals surface area contributed by atoms with Crippen LogP contribution in [-0.4, -0.2) is 19.1 Å². The van der Waals surface area contributed by atoms with Crippen molar-refractivity contribution in [1.82, 2.24) is 5.32 Å². The number of ether oxygens (including phenoxy) is 1. The predicted molar refractivity (Wildman–Crippen MR) is 110 cm³/mol. The van der Waals surface area contributed by atoms with E-state index in [0.717, 1.165) is 12.1 Å². The molecule has 1 amide bonds. The first-order valence-electron chi connectivity index (χ1n) is 9.54. The summed E-state index contributed by atoms with van der Waals surface area (Å²) >= 11 is 0. The average molecular weight is 432 g/mol. The number of amides is 1. The molecule has 0 spiro atoms. The summed E-state index contributed by atoms with van der Waals surface area (Å²) in [6.45, 7) is 1.45. The lowest BCUT2D eigenvalue weighted by Crippen LogP contribution is -2.28. The maximum Gasteiger partial charge on any atom is 0.257 e.